The highest BCUT2D eigenvalue weighted by Crippen LogP contribution is 2.44. The Bertz CT molecular complexity index is 311. The van der Waals surface area contributed by atoms with Crippen LogP contribution in [0.25, 0.3) is 0 Å². The van der Waals surface area contributed by atoms with E-state index in [1.165, 1.54) is 29.7 Å². The summed E-state index contributed by atoms with van der Waals surface area (Å²) in [5.74, 6) is 0.852. The molecule has 0 bridgehead atoms. The van der Waals surface area contributed by atoms with Crippen molar-refractivity contribution in [3.63, 3.8) is 0 Å². The van der Waals surface area contributed by atoms with Crippen molar-refractivity contribution < 1.29 is 0 Å². The number of halogens is 1. The van der Waals surface area contributed by atoms with Gasteiger partial charge in [0.1, 0.15) is 0 Å². The molecule has 1 aliphatic rings. The van der Waals surface area contributed by atoms with Crippen LogP contribution in [0.4, 0.5) is 0 Å². The zero-order chi connectivity index (χ0) is 10.8. The van der Waals surface area contributed by atoms with Crippen molar-refractivity contribution in [2.45, 2.75) is 39.2 Å². The van der Waals surface area contributed by atoms with Gasteiger partial charge in [0.25, 0.3) is 0 Å². The lowest BCUT2D eigenvalue weighted by molar-refractivity contribution is 0.488. The molecule has 2 rings (SSSR count). The SMILES string of the molecule is CCCNC(c1cc(C)c(Cl)s1)C1CC1. The second-order valence-electron chi connectivity index (χ2n) is 4.37. The van der Waals surface area contributed by atoms with Crippen molar-refractivity contribution in [1.29, 1.82) is 0 Å². The smallest absolute Gasteiger partial charge is 0.0960 e. The lowest BCUT2D eigenvalue weighted by Crippen LogP contribution is -2.22. The maximum atomic E-state index is 6.12. The number of nitrogens with one attached hydrogen (secondary N) is 1. The molecule has 1 heterocycles. The summed E-state index contributed by atoms with van der Waals surface area (Å²) in [6.07, 6.45) is 3.94. The van der Waals surface area contributed by atoms with Gasteiger partial charge in [0.15, 0.2) is 0 Å². The fraction of sp³-hybridized carbons (Fsp3) is 0.667. The molecule has 1 nitrogen and oxygen atoms in total. The summed E-state index contributed by atoms with van der Waals surface area (Å²) < 4.78 is 0.953. The van der Waals surface area contributed by atoms with Gasteiger partial charge in [-0.25, -0.2) is 0 Å². The standard InChI is InChI=1S/C12H18ClNS/c1-3-6-14-11(9-4-5-9)10-7-8(2)12(13)15-10/h7,9,11,14H,3-6H2,1-2H3. The fourth-order valence-corrected chi connectivity index (χ4v) is 3.25. The van der Waals surface area contributed by atoms with Crippen molar-refractivity contribution >= 4 is 22.9 Å². The normalized spacial score (nSPS) is 18.1. The van der Waals surface area contributed by atoms with Crippen molar-refractivity contribution in [3.8, 4) is 0 Å². The van der Waals surface area contributed by atoms with Gasteiger partial charge in [0.05, 0.1) is 4.34 Å². The van der Waals surface area contributed by atoms with Crippen LogP contribution >= 0.6 is 22.9 Å². The Morgan fingerprint density at radius 2 is 2.33 bits per heavy atom. The van der Waals surface area contributed by atoms with Crippen molar-refractivity contribution in [1.82, 2.24) is 5.32 Å². The average Bonchev–Trinajstić information content (AvgIpc) is 2.97. The van der Waals surface area contributed by atoms with Gasteiger partial charge in [-0.15, -0.1) is 11.3 Å². The van der Waals surface area contributed by atoms with E-state index in [0.717, 1.165) is 16.8 Å². The molecule has 1 saturated carbocycles. The summed E-state index contributed by atoms with van der Waals surface area (Å²) >= 11 is 7.87. The first-order chi connectivity index (χ1) is 7.22. The first-order valence-corrected chi connectivity index (χ1v) is 6.91. The van der Waals surface area contributed by atoms with Gasteiger partial charge in [0.2, 0.25) is 0 Å². The van der Waals surface area contributed by atoms with E-state index in [1.54, 1.807) is 11.3 Å². The molecule has 0 radical (unpaired) electrons. The molecule has 1 fully saturated rings. The monoisotopic (exact) mass is 243 g/mol. The minimum Gasteiger partial charge on any atom is -0.309 e. The quantitative estimate of drug-likeness (QED) is 0.819. The van der Waals surface area contributed by atoms with E-state index in [-0.39, 0.29) is 0 Å². The first-order valence-electron chi connectivity index (χ1n) is 5.71. The molecule has 1 N–H and O–H groups in total. The zero-order valence-electron chi connectivity index (χ0n) is 9.35. The van der Waals surface area contributed by atoms with E-state index >= 15 is 0 Å². The Kier molecular flexibility index (Phi) is 3.70. The van der Waals surface area contributed by atoms with Crippen LogP contribution in [0.5, 0.6) is 0 Å². The Morgan fingerprint density at radius 3 is 2.80 bits per heavy atom. The molecule has 0 saturated heterocycles. The molecular formula is C12H18ClNS. The molecule has 0 spiro atoms. The molecule has 1 atom stereocenters. The maximum absolute atomic E-state index is 6.12. The predicted octanol–water partition coefficient (Wildman–Crippen LogP) is 4.16. The summed E-state index contributed by atoms with van der Waals surface area (Å²) in [7, 11) is 0. The van der Waals surface area contributed by atoms with Crippen LogP contribution in [0.1, 0.15) is 42.7 Å². The van der Waals surface area contributed by atoms with Crippen LogP contribution in [0.15, 0.2) is 6.07 Å². The number of hydrogen-bond acceptors (Lipinski definition) is 2. The summed E-state index contributed by atoms with van der Waals surface area (Å²) in [5.41, 5.74) is 1.22. The molecule has 15 heavy (non-hydrogen) atoms. The molecule has 3 heteroatoms. The summed E-state index contributed by atoms with van der Waals surface area (Å²) in [6.45, 7) is 5.41. The van der Waals surface area contributed by atoms with E-state index in [0.29, 0.717) is 6.04 Å². The lowest BCUT2D eigenvalue weighted by atomic mass is 10.1. The minimum absolute atomic E-state index is 0.557. The molecule has 1 aliphatic carbocycles. The van der Waals surface area contributed by atoms with Gasteiger partial charge in [0, 0.05) is 10.9 Å². The third-order valence-electron chi connectivity index (χ3n) is 2.89. The van der Waals surface area contributed by atoms with E-state index in [2.05, 4.69) is 25.2 Å². The maximum Gasteiger partial charge on any atom is 0.0960 e. The Hall–Kier alpha value is -0.0500. The number of aryl methyl sites for hydroxylation is 1. The molecule has 1 aromatic rings. The largest absolute Gasteiger partial charge is 0.309 e. The van der Waals surface area contributed by atoms with Gasteiger partial charge in [-0.05, 0) is 50.3 Å². The fourth-order valence-electron chi connectivity index (χ4n) is 1.87. The molecule has 0 amide bonds. The first kappa shape index (κ1) is 11.4. The number of thiophene rings is 1. The van der Waals surface area contributed by atoms with Gasteiger partial charge in [-0.3, -0.25) is 0 Å². The lowest BCUT2D eigenvalue weighted by Gasteiger charge is -2.15. The number of rotatable bonds is 5. The van der Waals surface area contributed by atoms with Crippen molar-refractivity contribution in [3.05, 3.63) is 20.8 Å². The summed E-state index contributed by atoms with van der Waals surface area (Å²) in [5, 5.41) is 3.64. The Morgan fingerprint density at radius 1 is 1.60 bits per heavy atom. The highest BCUT2D eigenvalue weighted by Gasteiger charge is 2.32. The highest BCUT2D eigenvalue weighted by atomic mass is 35.5. The van der Waals surface area contributed by atoms with E-state index in [4.69, 9.17) is 11.6 Å². The second kappa shape index (κ2) is 4.86. The Balaban J connectivity index is 2.09. The number of hydrogen-bond donors (Lipinski definition) is 1. The van der Waals surface area contributed by atoms with Gasteiger partial charge >= 0.3 is 0 Å². The molecule has 84 valence electrons. The van der Waals surface area contributed by atoms with Crippen LogP contribution < -0.4 is 5.32 Å². The third kappa shape index (κ3) is 2.74. The van der Waals surface area contributed by atoms with Crippen LogP contribution in [-0.4, -0.2) is 6.54 Å². The van der Waals surface area contributed by atoms with E-state index < -0.39 is 0 Å². The molecule has 1 unspecified atom stereocenters. The van der Waals surface area contributed by atoms with Crippen LogP contribution in [0.2, 0.25) is 4.34 Å². The zero-order valence-corrected chi connectivity index (χ0v) is 10.9. The molecular weight excluding hydrogens is 226 g/mol. The van der Waals surface area contributed by atoms with E-state index in [9.17, 15) is 0 Å². The molecule has 0 aliphatic heterocycles. The Labute approximate surface area is 101 Å². The summed E-state index contributed by atoms with van der Waals surface area (Å²) in [6, 6.07) is 2.81. The van der Waals surface area contributed by atoms with Gasteiger partial charge < -0.3 is 5.32 Å². The van der Waals surface area contributed by atoms with Crippen molar-refractivity contribution in [2.24, 2.45) is 5.92 Å². The highest BCUT2D eigenvalue weighted by molar-refractivity contribution is 7.16. The van der Waals surface area contributed by atoms with Crippen LogP contribution in [0, 0.1) is 12.8 Å². The van der Waals surface area contributed by atoms with Crippen molar-refractivity contribution in [2.75, 3.05) is 6.54 Å². The van der Waals surface area contributed by atoms with Crippen LogP contribution in [-0.2, 0) is 0 Å². The average molecular weight is 244 g/mol. The second-order valence-corrected chi connectivity index (χ2v) is 6.06. The van der Waals surface area contributed by atoms with E-state index in [1.807, 2.05) is 0 Å². The molecule has 0 aromatic carbocycles. The van der Waals surface area contributed by atoms with Crippen LogP contribution in [0.3, 0.4) is 0 Å². The topological polar surface area (TPSA) is 12.0 Å². The predicted molar refractivity (Wildman–Crippen MR) is 67.8 cm³/mol. The van der Waals surface area contributed by atoms with Gasteiger partial charge in [-0.2, -0.15) is 0 Å². The summed E-state index contributed by atoms with van der Waals surface area (Å²) in [4.78, 5) is 1.42. The molecule has 1 aromatic heterocycles. The van der Waals surface area contributed by atoms with Gasteiger partial charge in [-0.1, -0.05) is 18.5 Å². The minimum atomic E-state index is 0.557. The third-order valence-corrected chi connectivity index (χ3v) is 4.53.